The summed E-state index contributed by atoms with van der Waals surface area (Å²) in [5.41, 5.74) is 7.27. The first kappa shape index (κ1) is 12.0. The van der Waals surface area contributed by atoms with Crippen LogP contribution in [0.3, 0.4) is 0 Å². The van der Waals surface area contributed by atoms with Gasteiger partial charge in [0.2, 0.25) is 0 Å². The minimum absolute atomic E-state index is 0.139. The van der Waals surface area contributed by atoms with Crippen LogP contribution in [-0.4, -0.2) is 21.1 Å². The molecule has 2 rings (SSSR count). The van der Waals surface area contributed by atoms with Crippen LogP contribution in [0.25, 0.3) is 0 Å². The summed E-state index contributed by atoms with van der Waals surface area (Å²) in [6.07, 6.45) is 7.51. The maximum Gasteiger partial charge on any atom is 0.0948 e. The number of nitrogens with two attached hydrogens (primary N) is 1. The lowest BCUT2D eigenvalue weighted by Crippen LogP contribution is -2.20. The predicted molar refractivity (Wildman–Crippen MR) is 69.5 cm³/mol. The van der Waals surface area contributed by atoms with Crippen molar-refractivity contribution in [1.29, 1.82) is 0 Å². The minimum atomic E-state index is 0.139. The Kier molecular flexibility index (Phi) is 4.29. The quantitative estimate of drug-likeness (QED) is 0.877. The average molecular weight is 239 g/mol. The fourth-order valence-electron chi connectivity index (χ4n) is 2.21. The second kappa shape index (κ2) is 5.73. The average Bonchev–Trinajstić information content (AvgIpc) is 2.77. The van der Waals surface area contributed by atoms with Gasteiger partial charge in [-0.2, -0.15) is 11.8 Å². The molecule has 0 amide bonds. The molecular formula is C12H21N3S. The van der Waals surface area contributed by atoms with Gasteiger partial charge in [0.25, 0.3) is 0 Å². The van der Waals surface area contributed by atoms with Crippen LogP contribution < -0.4 is 5.73 Å². The lowest BCUT2D eigenvalue weighted by atomic mass is 10.0. The number of imidazole rings is 1. The van der Waals surface area contributed by atoms with Gasteiger partial charge in [0, 0.05) is 18.8 Å². The third-order valence-corrected chi connectivity index (χ3v) is 4.41. The van der Waals surface area contributed by atoms with E-state index in [-0.39, 0.29) is 6.04 Å². The molecular weight excluding hydrogens is 218 g/mol. The molecule has 16 heavy (non-hydrogen) atoms. The second-order valence-electron chi connectivity index (χ2n) is 4.54. The molecule has 1 aromatic rings. The smallest absolute Gasteiger partial charge is 0.0948 e. The molecule has 1 aliphatic rings. The number of rotatable bonds is 4. The Morgan fingerprint density at radius 3 is 3.00 bits per heavy atom. The van der Waals surface area contributed by atoms with Crippen molar-refractivity contribution in [3.05, 3.63) is 18.2 Å². The highest BCUT2D eigenvalue weighted by molar-refractivity contribution is 7.99. The van der Waals surface area contributed by atoms with E-state index in [2.05, 4.69) is 28.2 Å². The van der Waals surface area contributed by atoms with Crippen molar-refractivity contribution in [2.45, 2.75) is 38.8 Å². The van der Waals surface area contributed by atoms with Crippen LogP contribution >= 0.6 is 11.8 Å². The van der Waals surface area contributed by atoms with Gasteiger partial charge in [-0.25, -0.2) is 4.98 Å². The highest BCUT2D eigenvalue weighted by Gasteiger charge is 2.17. The molecule has 0 radical (unpaired) electrons. The lowest BCUT2D eigenvalue weighted by molar-refractivity contribution is 0.404. The Bertz CT molecular complexity index is 318. The number of nitrogens with zero attached hydrogens (tertiary/aromatic N) is 2. The molecule has 2 N–H and O–H groups in total. The number of hydrogen-bond donors (Lipinski definition) is 1. The van der Waals surface area contributed by atoms with Crippen LogP contribution in [0.1, 0.15) is 37.9 Å². The number of hydrogen-bond acceptors (Lipinski definition) is 3. The molecule has 0 aliphatic carbocycles. The van der Waals surface area contributed by atoms with Gasteiger partial charge in [-0.15, -0.1) is 0 Å². The summed E-state index contributed by atoms with van der Waals surface area (Å²) in [7, 11) is 0. The molecule has 1 saturated heterocycles. The maximum absolute atomic E-state index is 6.08. The van der Waals surface area contributed by atoms with E-state index in [1.165, 1.54) is 30.0 Å². The summed E-state index contributed by atoms with van der Waals surface area (Å²) in [5, 5.41) is 0. The molecule has 1 atom stereocenters. The van der Waals surface area contributed by atoms with E-state index in [0.29, 0.717) is 0 Å². The van der Waals surface area contributed by atoms with Crippen molar-refractivity contribution < 1.29 is 0 Å². The van der Waals surface area contributed by atoms with Gasteiger partial charge in [0.15, 0.2) is 0 Å². The molecule has 0 saturated carbocycles. The fraction of sp³-hybridized carbons (Fsp3) is 0.750. The zero-order chi connectivity index (χ0) is 11.4. The normalized spacial score (nSPS) is 19.9. The summed E-state index contributed by atoms with van der Waals surface area (Å²) in [4.78, 5) is 4.23. The molecule has 1 aliphatic heterocycles. The van der Waals surface area contributed by atoms with Crippen LogP contribution in [0.15, 0.2) is 12.5 Å². The molecule has 0 aromatic carbocycles. The Balaban J connectivity index is 2.00. The first-order valence-electron chi connectivity index (χ1n) is 6.14. The van der Waals surface area contributed by atoms with Crippen LogP contribution in [0.4, 0.5) is 0 Å². The molecule has 0 spiro atoms. The molecule has 3 nitrogen and oxygen atoms in total. The summed E-state index contributed by atoms with van der Waals surface area (Å²) in [6.45, 7) is 3.23. The number of aromatic nitrogens is 2. The SMILES string of the molecule is CC[C@@H](N)c1cncn1CC1CCSCC1. The summed E-state index contributed by atoms with van der Waals surface area (Å²) in [5.74, 6) is 3.45. The van der Waals surface area contributed by atoms with Gasteiger partial charge in [-0.05, 0) is 36.7 Å². The standard InChI is InChI=1S/C12H21N3S/c1-2-11(13)12-7-14-9-15(12)8-10-3-5-16-6-4-10/h7,9-11H,2-6,8,13H2,1H3/t11-/m1/s1. The van der Waals surface area contributed by atoms with E-state index in [1.807, 2.05) is 12.5 Å². The van der Waals surface area contributed by atoms with Crippen molar-refractivity contribution in [2.24, 2.45) is 11.7 Å². The van der Waals surface area contributed by atoms with Crippen molar-refractivity contribution in [3.63, 3.8) is 0 Å². The lowest BCUT2D eigenvalue weighted by Gasteiger charge is -2.23. The third kappa shape index (κ3) is 2.80. The van der Waals surface area contributed by atoms with Crippen molar-refractivity contribution >= 4 is 11.8 Å². The molecule has 4 heteroatoms. The minimum Gasteiger partial charge on any atom is -0.333 e. The Morgan fingerprint density at radius 1 is 1.56 bits per heavy atom. The zero-order valence-corrected chi connectivity index (χ0v) is 10.7. The predicted octanol–water partition coefficient (Wildman–Crippen LogP) is 2.44. The number of thioether (sulfide) groups is 1. The van der Waals surface area contributed by atoms with Gasteiger partial charge in [0.1, 0.15) is 0 Å². The first-order chi connectivity index (χ1) is 7.81. The van der Waals surface area contributed by atoms with E-state index >= 15 is 0 Å². The van der Waals surface area contributed by atoms with Gasteiger partial charge in [0.05, 0.1) is 12.0 Å². The van der Waals surface area contributed by atoms with Crippen molar-refractivity contribution in [2.75, 3.05) is 11.5 Å². The van der Waals surface area contributed by atoms with Crippen molar-refractivity contribution in [1.82, 2.24) is 9.55 Å². The van der Waals surface area contributed by atoms with Crippen LogP contribution in [-0.2, 0) is 6.54 Å². The van der Waals surface area contributed by atoms with Crippen molar-refractivity contribution in [3.8, 4) is 0 Å². The monoisotopic (exact) mass is 239 g/mol. The highest BCUT2D eigenvalue weighted by atomic mass is 32.2. The largest absolute Gasteiger partial charge is 0.333 e. The molecule has 2 heterocycles. The Hall–Kier alpha value is -0.480. The topological polar surface area (TPSA) is 43.8 Å². The van der Waals surface area contributed by atoms with E-state index in [0.717, 1.165) is 18.9 Å². The maximum atomic E-state index is 6.08. The molecule has 1 aromatic heterocycles. The molecule has 90 valence electrons. The van der Waals surface area contributed by atoms with E-state index in [4.69, 9.17) is 5.73 Å². The molecule has 0 unspecified atom stereocenters. The van der Waals surface area contributed by atoms with Gasteiger partial charge in [-0.1, -0.05) is 6.92 Å². The van der Waals surface area contributed by atoms with Gasteiger partial charge in [-0.3, -0.25) is 0 Å². The van der Waals surface area contributed by atoms with Crippen LogP contribution in [0.5, 0.6) is 0 Å². The first-order valence-corrected chi connectivity index (χ1v) is 7.30. The highest BCUT2D eigenvalue weighted by Crippen LogP contribution is 2.25. The van der Waals surface area contributed by atoms with E-state index in [9.17, 15) is 0 Å². The van der Waals surface area contributed by atoms with Crippen LogP contribution in [0, 0.1) is 5.92 Å². The third-order valence-electron chi connectivity index (χ3n) is 3.36. The van der Waals surface area contributed by atoms with Gasteiger partial charge < -0.3 is 10.3 Å². The zero-order valence-electron chi connectivity index (χ0n) is 9.93. The van der Waals surface area contributed by atoms with E-state index in [1.54, 1.807) is 0 Å². The second-order valence-corrected chi connectivity index (χ2v) is 5.77. The summed E-state index contributed by atoms with van der Waals surface area (Å²) < 4.78 is 2.26. The summed E-state index contributed by atoms with van der Waals surface area (Å²) in [6, 6.07) is 0.139. The van der Waals surface area contributed by atoms with Gasteiger partial charge >= 0.3 is 0 Å². The Labute approximate surface area is 102 Å². The Morgan fingerprint density at radius 2 is 2.31 bits per heavy atom. The van der Waals surface area contributed by atoms with E-state index < -0.39 is 0 Å². The fourth-order valence-corrected chi connectivity index (χ4v) is 3.41. The summed E-state index contributed by atoms with van der Waals surface area (Å²) >= 11 is 2.08. The molecule has 1 fully saturated rings. The van der Waals surface area contributed by atoms with Crippen LogP contribution in [0.2, 0.25) is 0 Å². The molecule has 0 bridgehead atoms.